The van der Waals surface area contributed by atoms with Crippen LogP contribution in [-0.2, 0) is 30.3 Å². The van der Waals surface area contributed by atoms with E-state index in [0.717, 1.165) is 70.0 Å². The van der Waals surface area contributed by atoms with Gasteiger partial charge < -0.3 is 9.52 Å². The van der Waals surface area contributed by atoms with Crippen LogP contribution < -0.4 is 5.19 Å². The number of furan rings is 1. The number of para-hydroxylation sites is 1. The first-order chi connectivity index (χ1) is 31.7. The molecular weight excluding hydrogens is 1030 g/mol. The average molecular weight is 1100 g/mol. The van der Waals surface area contributed by atoms with Crippen molar-refractivity contribution in [3.63, 3.8) is 0 Å². The third-order valence-corrected chi connectivity index (χ3v) is 16.6. The molecule has 6 aromatic carbocycles. The van der Waals surface area contributed by atoms with E-state index in [1.807, 2.05) is 53.7 Å². The van der Waals surface area contributed by atoms with Crippen LogP contribution in [0.1, 0.15) is 99.1 Å². The molecule has 0 bridgehead atoms. The van der Waals surface area contributed by atoms with Gasteiger partial charge in [-0.15, -0.1) is 17.7 Å². The van der Waals surface area contributed by atoms with Gasteiger partial charge in [-0.1, -0.05) is 202 Å². The fourth-order valence-electron chi connectivity index (χ4n) is 8.84. The fraction of sp³-hybridized carbons (Fsp3) is 0.323. The molecule has 8 rings (SSSR count). The number of aromatic nitrogens is 1. The normalized spacial score (nSPS) is 12.5. The Hall–Kier alpha value is -5.39. The van der Waals surface area contributed by atoms with Gasteiger partial charge in [-0.3, -0.25) is 9.78 Å². The van der Waals surface area contributed by atoms with Gasteiger partial charge in [0.05, 0.1) is 19.2 Å². The van der Waals surface area contributed by atoms with Crippen molar-refractivity contribution < 1.29 is 34.4 Å². The number of nitrogens with zero attached hydrogens (tertiary/aromatic N) is 1. The molecule has 8 aromatic rings. The molecule has 355 valence electrons. The van der Waals surface area contributed by atoms with Crippen LogP contribution >= 0.6 is 0 Å². The van der Waals surface area contributed by atoms with Crippen molar-refractivity contribution in [2.75, 3.05) is 0 Å². The standard InChI is InChI=1S/C47H42NOSi.C15H28O2.Ir/c1-30-24-33(25-41-36-20-14-15-21-44(36)49-46(30)41)43-29-40(39-28-35(50(5,6)7)22-23-42(39)48-43)45-37(31-16-10-8-11-17-31)26-34(47(2,3)4)27-38(45)32-18-12-9-13-19-32;1-7-14(5,8-2)12(16)11-13(17)15(6,9-3)10-4;/h8-23,25-29H,1-7H3;11,16H,7-10H2,1-6H3;/q-1;;/b;12-11-;. The SMILES string of the molecule is CCC(C)(CC)C(=O)/C=C(\O)C(C)(CC)CC.Cc1[c-]c(-c2cc(-c3c(-c4ccccc4)cc(C(C)(C)C)cc3-c3ccccc3)c3cc([Si](C)(C)C)ccc3n2)cc2c1oc1ccccc12.[Ir]. The van der Waals surface area contributed by atoms with E-state index in [1.165, 1.54) is 55.6 Å². The Bertz CT molecular complexity index is 3030. The molecule has 0 aliphatic rings. The minimum absolute atomic E-state index is 0. The van der Waals surface area contributed by atoms with E-state index in [9.17, 15) is 9.90 Å². The summed E-state index contributed by atoms with van der Waals surface area (Å²) in [6.45, 7) is 28.3. The van der Waals surface area contributed by atoms with Gasteiger partial charge in [-0.25, -0.2) is 0 Å². The Kier molecular flexibility index (Phi) is 15.8. The molecule has 2 aromatic heterocycles. The van der Waals surface area contributed by atoms with Gasteiger partial charge in [0.25, 0.3) is 0 Å². The largest absolute Gasteiger partial charge is 0.512 e. The Balaban J connectivity index is 0.000000363. The topological polar surface area (TPSA) is 63.3 Å². The van der Waals surface area contributed by atoms with Crippen LogP contribution in [0.2, 0.25) is 19.6 Å². The molecule has 6 heteroatoms. The number of hydrogen-bond donors (Lipinski definition) is 1. The Labute approximate surface area is 420 Å². The van der Waals surface area contributed by atoms with Gasteiger partial charge in [0.2, 0.25) is 0 Å². The van der Waals surface area contributed by atoms with E-state index < -0.39 is 8.07 Å². The van der Waals surface area contributed by atoms with E-state index in [-0.39, 0.29) is 47.9 Å². The third-order valence-electron chi connectivity index (χ3n) is 14.6. The summed E-state index contributed by atoms with van der Waals surface area (Å²) in [4.78, 5) is 17.6. The first kappa shape index (κ1) is 52.0. The molecule has 68 heavy (non-hydrogen) atoms. The van der Waals surface area contributed by atoms with Crippen molar-refractivity contribution >= 4 is 51.9 Å². The predicted octanol–water partition coefficient (Wildman–Crippen LogP) is 17.4. The summed E-state index contributed by atoms with van der Waals surface area (Å²) >= 11 is 0. The molecule has 0 amide bonds. The van der Waals surface area contributed by atoms with Crippen LogP contribution in [0.15, 0.2) is 144 Å². The Morgan fingerprint density at radius 2 is 1.21 bits per heavy atom. The number of allylic oxidation sites excluding steroid dienone is 2. The van der Waals surface area contributed by atoms with Crippen LogP contribution in [0.3, 0.4) is 0 Å². The number of carbonyl (C=O) groups excluding carboxylic acids is 1. The molecule has 0 fully saturated rings. The Morgan fingerprint density at radius 3 is 1.74 bits per heavy atom. The van der Waals surface area contributed by atoms with E-state index in [1.54, 1.807) is 0 Å². The van der Waals surface area contributed by atoms with Crippen molar-refractivity contribution in [1.82, 2.24) is 4.98 Å². The van der Waals surface area contributed by atoms with Crippen molar-refractivity contribution in [2.45, 2.75) is 120 Å². The molecule has 0 saturated carbocycles. The van der Waals surface area contributed by atoms with Crippen molar-refractivity contribution in [1.29, 1.82) is 0 Å². The molecule has 4 nitrogen and oxygen atoms in total. The summed E-state index contributed by atoms with van der Waals surface area (Å²) in [5, 5.41) is 14.9. The number of fused-ring (bicyclic) bond motifs is 4. The average Bonchev–Trinajstić information content (AvgIpc) is 3.72. The number of aliphatic hydroxyl groups excluding tert-OH is 1. The maximum atomic E-state index is 12.2. The first-order valence-electron chi connectivity index (χ1n) is 24.3. The quantitative estimate of drug-likeness (QED) is 0.0573. The molecule has 1 N–H and O–H groups in total. The fourth-order valence-corrected chi connectivity index (χ4v) is 10.0. The van der Waals surface area contributed by atoms with Crippen molar-refractivity contribution in [3.05, 3.63) is 156 Å². The molecule has 0 saturated heterocycles. The van der Waals surface area contributed by atoms with Crippen molar-refractivity contribution in [2.24, 2.45) is 10.8 Å². The number of pyridine rings is 1. The van der Waals surface area contributed by atoms with Crippen LogP contribution in [0.5, 0.6) is 0 Å². The zero-order valence-electron chi connectivity index (χ0n) is 42.6. The monoisotopic (exact) mass is 1100 g/mol. The van der Waals surface area contributed by atoms with Gasteiger partial charge in [0.1, 0.15) is 11.3 Å². The minimum atomic E-state index is -1.64. The van der Waals surface area contributed by atoms with E-state index in [2.05, 4.69) is 169 Å². The molecule has 0 aliphatic carbocycles. The summed E-state index contributed by atoms with van der Waals surface area (Å²) < 4.78 is 6.30. The zero-order chi connectivity index (χ0) is 48.5. The predicted molar refractivity (Wildman–Crippen MR) is 289 cm³/mol. The molecule has 1 radical (unpaired) electrons. The number of benzene rings is 6. The van der Waals surface area contributed by atoms with Crippen LogP contribution in [0.4, 0.5) is 0 Å². The summed E-state index contributed by atoms with van der Waals surface area (Å²) in [5.41, 5.74) is 13.5. The van der Waals surface area contributed by atoms with Gasteiger partial charge in [-0.2, -0.15) is 0 Å². The summed E-state index contributed by atoms with van der Waals surface area (Å²) in [5.74, 6) is 0.286. The van der Waals surface area contributed by atoms with Gasteiger partial charge >= 0.3 is 0 Å². The molecule has 2 heterocycles. The number of aryl methyl sites for hydroxylation is 1. The third kappa shape index (κ3) is 10.6. The number of aliphatic hydroxyl groups is 1. The number of hydrogen-bond acceptors (Lipinski definition) is 4. The zero-order valence-corrected chi connectivity index (χ0v) is 46.0. The summed E-state index contributed by atoms with van der Waals surface area (Å²) in [6.07, 6.45) is 4.75. The van der Waals surface area contributed by atoms with Crippen molar-refractivity contribution in [3.8, 4) is 44.6 Å². The van der Waals surface area contributed by atoms with Gasteiger partial charge in [0, 0.05) is 47.8 Å². The number of ketones is 1. The molecular formula is C62H70IrNO3Si-. The van der Waals surface area contributed by atoms with E-state index >= 15 is 0 Å². The minimum Gasteiger partial charge on any atom is -0.512 e. The van der Waals surface area contributed by atoms with E-state index in [0.29, 0.717) is 0 Å². The Morgan fingerprint density at radius 1 is 0.662 bits per heavy atom. The van der Waals surface area contributed by atoms with Gasteiger partial charge in [-0.05, 0) is 100 Å². The second-order valence-corrected chi connectivity index (χ2v) is 26.1. The summed E-state index contributed by atoms with van der Waals surface area (Å²) in [6, 6.07) is 50.0. The summed E-state index contributed by atoms with van der Waals surface area (Å²) in [7, 11) is -1.64. The smallest absolute Gasteiger partial charge is 0.164 e. The second kappa shape index (κ2) is 20.7. The maximum Gasteiger partial charge on any atom is 0.164 e. The first-order valence-corrected chi connectivity index (χ1v) is 27.8. The second-order valence-electron chi connectivity index (χ2n) is 21.0. The number of rotatable bonds is 12. The van der Waals surface area contributed by atoms with Crippen LogP contribution in [-0.4, -0.2) is 23.9 Å². The molecule has 0 aliphatic heterocycles. The number of carbonyl (C=O) groups is 1. The molecule has 0 spiro atoms. The maximum absolute atomic E-state index is 12.2. The van der Waals surface area contributed by atoms with Gasteiger partial charge in [0.15, 0.2) is 5.78 Å². The van der Waals surface area contributed by atoms with Crippen LogP contribution in [0.25, 0.3) is 77.5 Å². The van der Waals surface area contributed by atoms with Crippen LogP contribution in [0, 0.1) is 23.8 Å². The molecule has 0 atom stereocenters. The van der Waals surface area contributed by atoms with E-state index in [4.69, 9.17) is 9.40 Å². The molecule has 0 unspecified atom stereocenters.